The molecule has 0 spiro atoms. The van der Waals surface area contributed by atoms with Crippen molar-refractivity contribution in [1.29, 1.82) is 0 Å². The fourth-order valence-electron chi connectivity index (χ4n) is 1.03. The summed E-state index contributed by atoms with van der Waals surface area (Å²) in [6.07, 6.45) is 0. The molecule has 0 radical (unpaired) electrons. The number of carbonyl (C=O) groups is 1. The van der Waals surface area contributed by atoms with Gasteiger partial charge in [-0.25, -0.2) is 0 Å². The summed E-state index contributed by atoms with van der Waals surface area (Å²) in [5.41, 5.74) is 1.34. The predicted molar refractivity (Wildman–Crippen MR) is 64.3 cm³/mol. The quantitative estimate of drug-likeness (QED) is 0.777. The lowest BCUT2D eigenvalue weighted by Crippen LogP contribution is -2.27. The standard InChI is InChI=1S/C12H16ClNO/c1-8-5-6-10(9(13)7-8)14-11(15)12(2,3)4/h5-7H,1-4H3,(H,14,15). The Morgan fingerprint density at radius 2 is 1.93 bits per heavy atom. The molecule has 0 fully saturated rings. The zero-order chi connectivity index (χ0) is 11.6. The highest BCUT2D eigenvalue weighted by molar-refractivity contribution is 6.33. The average Bonchev–Trinajstić information content (AvgIpc) is 2.08. The van der Waals surface area contributed by atoms with Crippen LogP contribution in [0, 0.1) is 12.3 Å². The minimum atomic E-state index is -0.409. The molecule has 0 aliphatic heterocycles. The zero-order valence-electron chi connectivity index (χ0n) is 9.52. The Kier molecular flexibility index (Phi) is 3.40. The number of benzene rings is 1. The van der Waals surface area contributed by atoms with Crippen LogP contribution in [-0.4, -0.2) is 5.91 Å². The molecule has 0 saturated heterocycles. The molecule has 1 N–H and O–H groups in total. The fraction of sp³-hybridized carbons (Fsp3) is 0.417. The van der Waals surface area contributed by atoms with Crippen molar-refractivity contribution in [2.75, 3.05) is 5.32 Å². The van der Waals surface area contributed by atoms with Gasteiger partial charge in [0.15, 0.2) is 0 Å². The van der Waals surface area contributed by atoms with Crippen LogP contribution in [-0.2, 0) is 4.79 Å². The Morgan fingerprint density at radius 1 is 1.33 bits per heavy atom. The van der Waals surface area contributed by atoms with Crippen molar-refractivity contribution in [1.82, 2.24) is 0 Å². The summed E-state index contributed by atoms with van der Waals surface area (Å²) in [5.74, 6) is -0.0340. The third kappa shape index (κ3) is 3.24. The van der Waals surface area contributed by atoms with Gasteiger partial charge >= 0.3 is 0 Å². The van der Waals surface area contributed by atoms with Crippen molar-refractivity contribution >= 4 is 23.2 Å². The van der Waals surface area contributed by atoms with E-state index in [0.717, 1.165) is 5.56 Å². The maximum absolute atomic E-state index is 11.7. The van der Waals surface area contributed by atoms with Gasteiger partial charge in [0.2, 0.25) is 5.91 Å². The molecule has 3 heteroatoms. The minimum absolute atomic E-state index is 0.0340. The highest BCUT2D eigenvalue weighted by Gasteiger charge is 2.21. The van der Waals surface area contributed by atoms with Crippen molar-refractivity contribution in [3.8, 4) is 0 Å². The van der Waals surface area contributed by atoms with E-state index < -0.39 is 5.41 Å². The monoisotopic (exact) mass is 225 g/mol. The molecule has 2 nitrogen and oxygen atoms in total. The van der Waals surface area contributed by atoms with Crippen LogP contribution < -0.4 is 5.32 Å². The summed E-state index contributed by atoms with van der Waals surface area (Å²) in [6.45, 7) is 7.56. The van der Waals surface area contributed by atoms with Crippen molar-refractivity contribution in [2.24, 2.45) is 5.41 Å². The van der Waals surface area contributed by atoms with E-state index in [-0.39, 0.29) is 5.91 Å². The third-order valence-electron chi connectivity index (χ3n) is 2.05. The van der Waals surface area contributed by atoms with Crippen LogP contribution in [0.4, 0.5) is 5.69 Å². The second-order valence-electron chi connectivity index (χ2n) is 4.69. The second-order valence-corrected chi connectivity index (χ2v) is 5.09. The Hall–Kier alpha value is -1.02. The zero-order valence-corrected chi connectivity index (χ0v) is 10.3. The first-order valence-electron chi connectivity index (χ1n) is 4.88. The van der Waals surface area contributed by atoms with Crippen LogP contribution in [0.2, 0.25) is 5.02 Å². The van der Waals surface area contributed by atoms with E-state index in [2.05, 4.69) is 5.32 Å². The van der Waals surface area contributed by atoms with Gasteiger partial charge in [0.05, 0.1) is 10.7 Å². The summed E-state index contributed by atoms with van der Waals surface area (Å²) in [4.78, 5) is 11.7. The van der Waals surface area contributed by atoms with E-state index in [0.29, 0.717) is 10.7 Å². The first-order valence-corrected chi connectivity index (χ1v) is 5.26. The van der Waals surface area contributed by atoms with E-state index in [1.54, 1.807) is 0 Å². The van der Waals surface area contributed by atoms with E-state index in [4.69, 9.17) is 11.6 Å². The molecule has 15 heavy (non-hydrogen) atoms. The van der Waals surface area contributed by atoms with E-state index >= 15 is 0 Å². The smallest absolute Gasteiger partial charge is 0.229 e. The maximum Gasteiger partial charge on any atom is 0.229 e. The largest absolute Gasteiger partial charge is 0.324 e. The number of hydrogen-bond acceptors (Lipinski definition) is 1. The Labute approximate surface area is 95.6 Å². The Morgan fingerprint density at radius 3 is 2.40 bits per heavy atom. The molecular weight excluding hydrogens is 210 g/mol. The number of halogens is 1. The summed E-state index contributed by atoms with van der Waals surface area (Å²) in [6, 6.07) is 5.57. The number of hydrogen-bond donors (Lipinski definition) is 1. The topological polar surface area (TPSA) is 29.1 Å². The van der Waals surface area contributed by atoms with Gasteiger partial charge in [-0.3, -0.25) is 4.79 Å². The van der Waals surface area contributed by atoms with Crippen LogP contribution >= 0.6 is 11.6 Å². The molecule has 0 bridgehead atoms. The van der Waals surface area contributed by atoms with E-state index in [9.17, 15) is 4.79 Å². The molecule has 0 aliphatic carbocycles. The summed E-state index contributed by atoms with van der Waals surface area (Å²) in [7, 11) is 0. The Bertz CT molecular complexity index is 380. The maximum atomic E-state index is 11.7. The van der Waals surface area contributed by atoms with Crippen LogP contribution in [0.1, 0.15) is 26.3 Å². The van der Waals surface area contributed by atoms with Gasteiger partial charge in [0.25, 0.3) is 0 Å². The van der Waals surface area contributed by atoms with Crippen molar-refractivity contribution in [3.05, 3.63) is 28.8 Å². The molecule has 82 valence electrons. The highest BCUT2D eigenvalue weighted by Crippen LogP contribution is 2.25. The van der Waals surface area contributed by atoms with Crippen molar-refractivity contribution < 1.29 is 4.79 Å². The van der Waals surface area contributed by atoms with Crippen LogP contribution in [0.3, 0.4) is 0 Å². The summed E-state index contributed by atoms with van der Waals surface area (Å²) >= 11 is 6.01. The van der Waals surface area contributed by atoms with E-state index in [1.165, 1.54) is 0 Å². The molecule has 1 amide bonds. The number of rotatable bonds is 1. The predicted octanol–water partition coefficient (Wildman–Crippen LogP) is 3.63. The average molecular weight is 226 g/mol. The molecule has 0 atom stereocenters. The lowest BCUT2D eigenvalue weighted by molar-refractivity contribution is -0.123. The molecule has 0 heterocycles. The van der Waals surface area contributed by atoms with Crippen LogP contribution in [0.5, 0.6) is 0 Å². The number of amides is 1. The number of carbonyl (C=O) groups excluding carboxylic acids is 1. The third-order valence-corrected chi connectivity index (χ3v) is 2.37. The lowest BCUT2D eigenvalue weighted by Gasteiger charge is -2.18. The fourth-order valence-corrected chi connectivity index (χ4v) is 1.31. The van der Waals surface area contributed by atoms with Gasteiger partial charge in [-0.1, -0.05) is 38.4 Å². The lowest BCUT2D eigenvalue weighted by atomic mass is 9.95. The molecule has 1 aromatic rings. The van der Waals surface area contributed by atoms with Crippen LogP contribution in [0.25, 0.3) is 0 Å². The highest BCUT2D eigenvalue weighted by atomic mass is 35.5. The minimum Gasteiger partial charge on any atom is -0.324 e. The molecule has 0 saturated carbocycles. The van der Waals surface area contributed by atoms with Crippen molar-refractivity contribution in [2.45, 2.75) is 27.7 Å². The number of anilines is 1. The molecule has 1 aromatic carbocycles. The normalized spacial score (nSPS) is 11.3. The SMILES string of the molecule is Cc1ccc(NC(=O)C(C)(C)C)c(Cl)c1. The molecule has 0 aliphatic rings. The summed E-state index contributed by atoms with van der Waals surface area (Å²) in [5, 5.41) is 3.38. The number of nitrogens with one attached hydrogen (secondary N) is 1. The number of aryl methyl sites for hydroxylation is 1. The first-order chi connectivity index (χ1) is 6.80. The van der Waals surface area contributed by atoms with Gasteiger partial charge in [-0.2, -0.15) is 0 Å². The second kappa shape index (κ2) is 4.23. The molecule has 1 rings (SSSR count). The van der Waals surface area contributed by atoms with Gasteiger partial charge in [-0.15, -0.1) is 0 Å². The first kappa shape index (κ1) is 12.1. The molecule has 0 unspecified atom stereocenters. The Balaban J connectivity index is 2.87. The van der Waals surface area contributed by atoms with Gasteiger partial charge in [0, 0.05) is 5.41 Å². The van der Waals surface area contributed by atoms with Gasteiger partial charge in [-0.05, 0) is 24.6 Å². The molecular formula is C12H16ClNO. The molecule has 0 aromatic heterocycles. The van der Waals surface area contributed by atoms with Crippen LogP contribution in [0.15, 0.2) is 18.2 Å². The van der Waals surface area contributed by atoms with Gasteiger partial charge < -0.3 is 5.32 Å². The van der Waals surface area contributed by atoms with E-state index in [1.807, 2.05) is 45.9 Å². The van der Waals surface area contributed by atoms with Gasteiger partial charge in [0.1, 0.15) is 0 Å². The van der Waals surface area contributed by atoms with Crippen molar-refractivity contribution in [3.63, 3.8) is 0 Å². The summed E-state index contributed by atoms with van der Waals surface area (Å²) < 4.78 is 0.